The number of aliphatic hydroxyl groups is 1. The first-order valence-electron chi connectivity index (χ1n) is 10.1. The molecule has 142 valence electrons. The van der Waals surface area contributed by atoms with Gasteiger partial charge in [0.25, 0.3) is 0 Å². The molecule has 2 nitrogen and oxygen atoms in total. The minimum Gasteiger partial charge on any atom is -0.395 e. The molecule has 0 amide bonds. The molecule has 1 aliphatic heterocycles. The Kier molecular flexibility index (Phi) is 5.14. The monoisotopic (exact) mass is 365 g/mol. The third kappa shape index (κ3) is 3.34. The number of benzene rings is 1. The van der Waals surface area contributed by atoms with Crippen molar-refractivity contribution in [2.75, 3.05) is 6.61 Å². The maximum atomic E-state index is 13.6. The summed E-state index contributed by atoms with van der Waals surface area (Å²) in [4.78, 5) is 5.22. The van der Waals surface area contributed by atoms with E-state index >= 15 is 0 Å². The molecule has 27 heavy (non-hydrogen) atoms. The number of dihydropyridines is 1. The van der Waals surface area contributed by atoms with Gasteiger partial charge in [-0.25, -0.2) is 4.39 Å². The van der Waals surface area contributed by atoms with Crippen LogP contribution in [0.25, 0.3) is 5.57 Å². The first kappa shape index (κ1) is 18.4. The molecule has 1 aromatic rings. The Bertz CT molecular complexity index is 828. The summed E-state index contributed by atoms with van der Waals surface area (Å²) >= 11 is 0. The number of hydrogen-bond acceptors (Lipinski definition) is 2. The zero-order chi connectivity index (χ0) is 19.0. The van der Waals surface area contributed by atoms with Crippen molar-refractivity contribution >= 4 is 11.3 Å². The van der Waals surface area contributed by atoms with Gasteiger partial charge in [0.15, 0.2) is 0 Å². The number of rotatable bonds is 3. The highest BCUT2D eigenvalue weighted by atomic mass is 19.1. The minimum absolute atomic E-state index is 0.0440. The summed E-state index contributed by atoms with van der Waals surface area (Å²) in [5.41, 5.74) is 6.01. The average molecular weight is 365 g/mol. The molecule has 1 saturated carbocycles. The van der Waals surface area contributed by atoms with Crippen LogP contribution in [0.2, 0.25) is 0 Å². The summed E-state index contributed by atoms with van der Waals surface area (Å²) in [5, 5.41) is 10.3. The van der Waals surface area contributed by atoms with Crippen molar-refractivity contribution in [3.63, 3.8) is 0 Å². The zero-order valence-corrected chi connectivity index (χ0v) is 16.2. The van der Waals surface area contributed by atoms with E-state index in [0.29, 0.717) is 5.92 Å². The van der Waals surface area contributed by atoms with E-state index < -0.39 is 0 Å². The van der Waals surface area contributed by atoms with Crippen LogP contribution in [0.15, 0.2) is 58.6 Å². The molecule has 2 aliphatic carbocycles. The maximum Gasteiger partial charge on any atom is 0.123 e. The van der Waals surface area contributed by atoms with Crippen molar-refractivity contribution in [1.29, 1.82) is 0 Å². The normalized spacial score (nSPS) is 27.7. The molecular weight excluding hydrogens is 337 g/mol. The van der Waals surface area contributed by atoms with Crippen molar-refractivity contribution in [1.82, 2.24) is 0 Å². The first-order chi connectivity index (χ1) is 13.1. The number of hydrogen-bond donors (Lipinski definition) is 1. The summed E-state index contributed by atoms with van der Waals surface area (Å²) in [7, 11) is 0. The van der Waals surface area contributed by atoms with Crippen LogP contribution in [0.4, 0.5) is 4.39 Å². The molecule has 3 unspecified atom stereocenters. The molecule has 1 fully saturated rings. The van der Waals surface area contributed by atoms with Gasteiger partial charge in [0.05, 0.1) is 12.6 Å². The Morgan fingerprint density at radius 1 is 1.22 bits per heavy atom. The highest BCUT2D eigenvalue weighted by Gasteiger charge is 2.38. The Morgan fingerprint density at radius 3 is 2.70 bits per heavy atom. The van der Waals surface area contributed by atoms with Gasteiger partial charge in [-0.15, -0.1) is 0 Å². The Morgan fingerprint density at radius 2 is 2.00 bits per heavy atom. The van der Waals surface area contributed by atoms with Crippen molar-refractivity contribution in [3.8, 4) is 0 Å². The predicted octanol–water partition coefficient (Wildman–Crippen LogP) is 5.35. The van der Waals surface area contributed by atoms with Gasteiger partial charge in [-0.05, 0) is 71.9 Å². The van der Waals surface area contributed by atoms with Crippen molar-refractivity contribution in [3.05, 3.63) is 65.0 Å². The zero-order valence-electron chi connectivity index (χ0n) is 16.2. The quantitative estimate of drug-likeness (QED) is 0.769. The summed E-state index contributed by atoms with van der Waals surface area (Å²) < 4.78 is 13.6. The smallest absolute Gasteiger partial charge is 0.123 e. The third-order valence-electron chi connectivity index (χ3n) is 6.22. The first-order valence-corrected chi connectivity index (χ1v) is 10.1. The standard InChI is InChI=1S/C24H28FNO/c1-15(2)23-21(14-27)22(17-10-12-18(25)13-11-17)20-9-5-7-16-6-3-4-8-19(16)24(20)26-23/h3-4,8,10-13,15-16,21,24,27H,5-7,9,14H2,1-2H3. The number of allylic oxidation sites excluding steroid dienone is 3. The van der Waals surface area contributed by atoms with E-state index in [2.05, 4.69) is 32.1 Å². The summed E-state index contributed by atoms with van der Waals surface area (Å²) in [5.74, 6) is 0.504. The Balaban J connectivity index is 1.92. The van der Waals surface area contributed by atoms with Crippen molar-refractivity contribution in [2.24, 2.45) is 22.7 Å². The van der Waals surface area contributed by atoms with Gasteiger partial charge in [-0.1, -0.05) is 44.2 Å². The Hall–Kier alpha value is -2.00. The van der Waals surface area contributed by atoms with Crippen LogP contribution in [-0.4, -0.2) is 23.5 Å². The van der Waals surface area contributed by atoms with E-state index in [9.17, 15) is 9.50 Å². The van der Waals surface area contributed by atoms with Gasteiger partial charge in [-0.2, -0.15) is 0 Å². The maximum absolute atomic E-state index is 13.6. The van der Waals surface area contributed by atoms with Gasteiger partial charge in [0.1, 0.15) is 5.82 Å². The molecule has 3 aliphatic rings. The highest BCUT2D eigenvalue weighted by molar-refractivity contribution is 6.01. The molecule has 3 heteroatoms. The number of aliphatic imine (C=N–C) groups is 1. The molecule has 0 radical (unpaired) electrons. The molecule has 1 heterocycles. The second-order valence-corrected chi connectivity index (χ2v) is 8.21. The molecule has 0 bridgehead atoms. The minimum atomic E-state index is -0.226. The molecule has 0 saturated heterocycles. The SMILES string of the molecule is CC(C)C1=NC2C3=CC=CCC3CCCC2=C(c2ccc(F)cc2)C1CO. The molecule has 1 N–H and O–H groups in total. The lowest BCUT2D eigenvalue weighted by Gasteiger charge is -2.36. The number of nitrogens with zero attached hydrogens (tertiary/aromatic N) is 1. The average Bonchev–Trinajstić information content (AvgIpc) is 2.86. The van der Waals surface area contributed by atoms with Crippen LogP contribution in [0.1, 0.15) is 45.1 Å². The van der Waals surface area contributed by atoms with E-state index in [1.165, 1.54) is 35.3 Å². The van der Waals surface area contributed by atoms with Crippen molar-refractivity contribution < 1.29 is 9.50 Å². The lowest BCUT2D eigenvalue weighted by molar-refractivity contribution is 0.280. The van der Waals surface area contributed by atoms with Crippen LogP contribution in [0.3, 0.4) is 0 Å². The van der Waals surface area contributed by atoms with Gasteiger partial charge in [-0.3, -0.25) is 4.99 Å². The van der Waals surface area contributed by atoms with E-state index in [1.807, 2.05) is 12.1 Å². The number of halogens is 1. The fraction of sp³-hybridized carbons (Fsp3) is 0.458. The summed E-state index contributed by atoms with van der Waals surface area (Å²) in [6, 6.07) is 6.84. The molecule has 0 aromatic heterocycles. The molecule has 0 spiro atoms. The highest BCUT2D eigenvalue weighted by Crippen LogP contribution is 2.45. The van der Waals surface area contributed by atoms with Crippen LogP contribution >= 0.6 is 0 Å². The molecule has 3 atom stereocenters. The van der Waals surface area contributed by atoms with Crippen LogP contribution in [-0.2, 0) is 0 Å². The second kappa shape index (κ2) is 7.55. The molecule has 1 aromatic carbocycles. The lowest BCUT2D eigenvalue weighted by Crippen LogP contribution is -2.34. The largest absolute Gasteiger partial charge is 0.395 e. The Labute approximate surface area is 161 Å². The fourth-order valence-corrected chi connectivity index (χ4v) is 4.97. The number of aliphatic hydroxyl groups excluding tert-OH is 1. The third-order valence-corrected chi connectivity index (χ3v) is 6.22. The molecule has 4 rings (SSSR count). The van der Waals surface area contributed by atoms with E-state index in [1.54, 1.807) is 0 Å². The van der Waals surface area contributed by atoms with E-state index in [0.717, 1.165) is 30.5 Å². The van der Waals surface area contributed by atoms with Crippen molar-refractivity contribution in [2.45, 2.75) is 45.6 Å². The van der Waals surface area contributed by atoms with Crippen LogP contribution < -0.4 is 0 Å². The summed E-state index contributed by atoms with van der Waals surface area (Å²) in [6.45, 7) is 4.35. The van der Waals surface area contributed by atoms with E-state index in [4.69, 9.17) is 4.99 Å². The second-order valence-electron chi connectivity index (χ2n) is 8.21. The van der Waals surface area contributed by atoms with E-state index in [-0.39, 0.29) is 30.3 Å². The van der Waals surface area contributed by atoms with Gasteiger partial charge in [0.2, 0.25) is 0 Å². The van der Waals surface area contributed by atoms with Gasteiger partial charge in [0, 0.05) is 11.6 Å². The molecular formula is C24H28FNO. The van der Waals surface area contributed by atoms with Crippen LogP contribution in [0.5, 0.6) is 0 Å². The van der Waals surface area contributed by atoms with Crippen LogP contribution in [0, 0.1) is 23.6 Å². The number of fused-ring (bicyclic) bond motifs is 3. The lowest BCUT2D eigenvalue weighted by atomic mass is 9.74. The summed E-state index contributed by atoms with van der Waals surface area (Å²) in [6.07, 6.45) is 11.1. The van der Waals surface area contributed by atoms with Gasteiger partial charge >= 0.3 is 0 Å². The fourth-order valence-electron chi connectivity index (χ4n) is 4.97. The predicted molar refractivity (Wildman–Crippen MR) is 109 cm³/mol. The van der Waals surface area contributed by atoms with Gasteiger partial charge < -0.3 is 5.11 Å². The topological polar surface area (TPSA) is 32.6 Å².